The van der Waals surface area contributed by atoms with Crippen molar-refractivity contribution in [2.45, 2.75) is 12.2 Å². The molecule has 0 fully saturated rings. The Bertz CT molecular complexity index is 758. The molecular weight excluding hydrogens is 300 g/mol. The summed E-state index contributed by atoms with van der Waals surface area (Å²) in [6.07, 6.45) is 1.05. The molecule has 0 unspecified atom stereocenters. The van der Waals surface area contributed by atoms with Crippen molar-refractivity contribution in [1.29, 1.82) is 0 Å². The molecule has 5 nitrogen and oxygen atoms in total. The number of para-hydroxylation sites is 3. The smallest absolute Gasteiger partial charge is 0.242 e. The van der Waals surface area contributed by atoms with Gasteiger partial charge in [0.05, 0.1) is 11.4 Å². The van der Waals surface area contributed by atoms with Gasteiger partial charge < -0.3 is 10.6 Å². The van der Waals surface area contributed by atoms with Crippen LogP contribution in [0.1, 0.15) is 6.92 Å². The van der Waals surface area contributed by atoms with Gasteiger partial charge in [0, 0.05) is 11.9 Å². The summed E-state index contributed by atoms with van der Waals surface area (Å²) in [7, 11) is -3.43. The van der Waals surface area contributed by atoms with Crippen molar-refractivity contribution in [2.24, 2.45) is 0 Å². The molecule has 6 heteroatoms. The number of carbonyl (C=O) groups excluding carboxylic acids is 1. The lowest BCUT2D eigenvalue weighted by Crippen LogP contribution is -2.31. The van der Waals surface area contributed by atoms with Gasteiger partial charge in [0.2, 0.25) is 5.91 Å². The number of rotatable bonds is 5. The van der Waals surface area contributed by atoms with Crippen LogP contribution in [0.3, 0.4) is 0 Å². The zero-order valence-corrected chi connectivity index (χ0v) is 13.2. The van der Waals surface area contributed by atoms with Crippen molar-refractivity contribution in [3.05, 3.63) is 54.6 Å². The predicted octanol–water partition coefficient (Wildman–Crippen LogP) is 2.80. The van der Waals surface area contributed by atoms with E-state index in [-0.39, 0.29) is 0 Å². The number of carbonyl (C=O) groups is 1. The third kappa shape index (κ3) is 4.08. The molecule has 0 bridgehead atoms. The van der Waals surface area contributed by atoms with E-state index in [1.54, 1.807) is 12.1 Å². The Kier molecular flexibility index (Phi) is 4.82. The molecule has 2 aromatic rings. The van der Waals surface area contributed by atoms with Crippen LogP contribution < -0.4 is 10.6 Å². The molecule has 116 valence electrons. The lowest BCUT2D eigenvalue weighted by molar-refractivity contribution is -0.115. The predicted molar refractivity (Wildman–Crippen MR) is 89.1 cm³/mol. The van der Waals surface area contributed by atoms with Gasteiger partial charge in [0.15, 0.2) is 9.84 Å². The highest BCUT2D eigenvalue weighted by molar-refractivity contribution is 7.92. The second kappa shape index (κ2) is 6.62. The lowest BCUT2D eigenvalue weighted by Gasteiger charge is -2.15. The largest absolute Gasteiger partial charge is 0.354 e. The van der Waals surface area contributed by atoms with Crippen molar-refractivity contribution in [3.8, 4) is 0 Å². The molecule has 0 aliphatic carbocycles. The second-order valence-corrected chi connectivity index (χ2v) is 7.36. The van der Waals surface area contributed by atoms with E-state index in [2.05, 4.69) is 10.6 Å². The Hall–Kier alpha value is -2.34. The maximum absolute atomic E-state index is 12.0. The van der Waals surface area contributed by atoms with Crippen LogP contribution in [0.25, 0.3) is 0 Å². The number of sulfone groups is 1. The lowest BCUT2D eigenvalue weighted by atomic mass is 10.2. The number of amides is 1. The minimum Gasteiger partial charge on any atom is -0.354 e. The molecule has 0 aliphatic heterocycles. The summed E-state index contributed by atoms with van der Waals surface area (Å²) < 4.78 is 22.9. The normalized spacial score (nSPS) is 12.5. The van der Waals surface area contributed by atoms with Gasteiger partial charge in [0.25, 0.3) is 0 Å². The zero-order chi connectivity index (χ0) is 16.2. The first kappa shape index (κ1) is 16.0. The summed E-state index contributed by atoms with van der Waals surface area (Å²) in [4.78, 5) is 12.0. The number of anilines is 3. The Labute approximate surface area is 130 Å². The average Bonchev–Trinajstić information content (AvgIpc) is 2.48. The van der Waals surface area contributed by atoms with E-state index in [0.29, 0.717) is 11.4 Å². The Morgan fingerprint density at radius 1 is 0.955 bits per heavy atom. The topological polar surface area (TPSA) is 75.3 Å². The first-order chi connectivity index (χ1) is 10.4. The second-order valence-electron chi connectivity index (χ2n) is 5.00. The molecule has 2 aromatic carbocycles. The van der Waals surface area contributed by atoms with Crippen LogP contribution in [0.5, 0.6) is 0 Å². The Morgan fingerprint density at radius 3 is 2.09 bits per heavy atom. The van der Waals surface area contributed by atoms with E-state index >= 15 is 0 Å². The molecule has 22 heavy (non-hydrogen) atoms. The Balaban J connectivity index is 2.20. The third-order valence-electron chi connectivity index (χ3n) is 3.25. The van der Waals surface area contributed by atoms with Crippen LogP contribution in [0.4, 0.5) is 17.1 Å². The molecular formula is C16H18N2O3S. The van der Waals surface area contributed by atoms with Gasteiger partial charge in [-0.05, 0) is 31.2 Å². The van der Waals surface area contributed by atoms with Gasteiger partial charge in [-0.2, -0.15) is 0 Å². The van der Waals surface area contributed by atoms with E-state index in [1.807, 2.05) is 42.5 Å². The first-order valence-corrected chi connectivity index (χ1v) is 8.74. The summed E-state index contributed by atoms with van der Waals surface area (Å²) in [5, 5.41) is 4.75. The maximum Gasteiger partial charge on any atom is 0.242 e. The van der Waals surface area contributed by atoms with Crippen LogP contribution in [-0.4, -0.2) is 25.8 Å². The maximum atomic E-state index is 12.0. The van der Waals surface area contributed by atoms with Crippen molar-refractivity contribution < 1.29 is 13.2 Å². The first-order valence-electron chi connectivity index (χ1n) is 6.79. The molecule has 0 spiro atoms. The molecule has 0 saturated heterocycles. The van der Waals surface area contributed by atoms with E-state index in [0.717, 1.165) is 11.9 Å². The van der Waals surface area contributed by atoms with Gasteiger partial charge in [0.1, 0.15) is 5.25 Å². The Morgan fingerprint density at radius 2 is 1.50 bits per heavy atom. The fraction of sp³-hybridized carbons (Fsp3) is 0.188. The molecule has 0 saturated carbocycles. The molecule has 0 aliphatic rings. The van der Waals surface area contributed by atoms with Gasteiger partial charge in [-0.15, -0.1) is 0 Å². The molecule has 1 amide bonds. The highest BCUT2D eigenvalue weighted by Gasteiger charge is 2.24. The van der Waals surface area contributed by atoms with Gasteiger partial charge in [-0.3, -0.25) is 4.79 Å². The summed E-state index contributed by atoms with van der Waals surface area (Å²) in [6, 6.07) is 16.6. The van der Waals surface area contributed by atoms with Gasteiger partial charge in [-0.1, -0.05) is 30.3 Å². The number of hydrogen-bond acceptors (Lipinski definition) is 4. The van der Waals surface area contributed by atoms with Crippen LogP contribution in [-0.2, 0) is 14.6 Å². The summed E-state index contributed by atoms with van der Waals surface area (Å²) in [5.74, 6) is -0.551. The molecule has 1 atom stereocenters. The fourth-order valence-electron chi connectivity index (χ4n) is 1.81. The highest BCUT2D eigenvalue weighted by atomic mass is 32.2. The molecule has 2 rings (SSSR count). The van der Waals surface area contributed by atoms with Crippen molar-refractivity contribution in [1.82, 2.24) is 0 Å². The van der Waals surface area contributed by atoms with E-state index in [1.165, 1.54) is 6.92 Å². The summed E-state index contributed by atoms with van der Waals surface area (Å²) in [5.41, 5.74) is 2.11. The SMILES string of the molecule is C[C@H](C(=O)Nc1ccccc1Nc1ccccc1)S(C)(=O)=O. The summed E-state index contributed by atoms with van der Waals surface area (Å²) >= 11 is 0. The van der Waals surface area contributed by atoms with E-state index < -0.39 is 21.0 Å². The molecule has 0 radical (unpaired) electrons. The number of nitrogens with one attached hydrogen (secondary N) is 2. The van der Waals surface area contributed by atoms with Crippen LogP contribution >= 0.6 is 0 Å². The van der Waals surface area contributed by atoms with Crippen molar-refractivity contribution >= 4 is 32.8 Å². The molecule has 0 heterocycles. The van der Waals surface area contributed by atoms with Crippen molar-refractivity contribution in [3.63, 3.8) is 0 Å². The fourth-order valence-corrected chi connectivity index (χ4v) is 2.25. The van der Waals surface area contributed by atoms with Crippen LogP contribution in [0.15, 0.2) is 54.6 Å². The molecule has 2 N–H and O–H groups in total. The van der Waals surface area contributed by atoms with Gasteiger partial charge >= 0.3 is 0 Å². The van der Waals surface area contributed by atoms with Crippen molar-refractivity contribution in [2.75, 3.05) is 16.9 Å². The quantitative estimate of drug-likeness (QED) is 0.889. The minimum atomic E-state index is -3.43. The van der Waals surface area contributed by atoms with Crippen LogP contribution in [0.2, 0.25) is 0 Å². The standard InChI is InChI=1S/C16H18N2O3S/c1-12(22(2,20)21)16(19)18-15-11-7-6-10-14(15)17-13-8-4-3-5-9-13/h3-12,17H,1-2H3,(H,18,19)/t12-/m1/s1. The third-order valence-corrected chi connectivity index (χ3v) is 4.75. The number of benzene rings is 2. The van der Waals surface area contributed by atoms with E-state index in [9.17, 15) is 13.2 Å². The number of hydrogen-bond donors (Lipinski definition) is 2. The monoisotopic (exact) mass is 318 g/mol. The summed E-state index contributed by atoms with van der Waals surface area (Å²) in [6.45, 7) is 1.37. The highest BCUT2D eigenvalue weighted by Crippen LogP contribution is 2.25. The van der Waals surface area contributed by atoms with E-state index in [4.69, 9.17) is 0 Å². The zero-order valence-electron chi connectivity index (χ0n) is 12.4. The van der Waals surface area contributed by atoms with Gasteiger partial charge in [-0.25, -0.2) is 8.42 Å². The average molecular weight is 318 g/mol. The molecule has 0 aromatic heterocycles. The minimum absolute atomic E-state index is 0.534. The van der Waals surface area contributed by atoms with Crippen LogP contribution in [0, 0.1) is 0 Å².